The van der Waals surface area contributed by atoms with Crippen LogP contribution in [0.15, 0.2) is 24.3 Å². The van der Waals surface area contributed by atoms with Crippen LogP contribution in [-0.2, 0) is 15.0 Å². The fraction of sp³-hybridized carbons (Fsp3) is 0.500. The number of halogens is 1. The standard InChI is InChI=1S/C14H21FN4O3S/c1-11(14(20)17-13-5-2-4-12(15)10-13)18-6-3-7-19(9-8-18)23(16,21)22/h2,4-5,10-11H,3,6-9H2,1H3,(H,17,20)(H2,16,21,22)/t11-/m0/s1. The molecule has 1 heterocycles. The number of anilines is 1. The van der Waals surface area contributed by atoms with Gasteiger partial charge >= 0.3 is 0 Å². The molecule has 7 nitrogen and oxygen atoms in total. The SMILES string of the molecule is C[C@@H](C(=O)Nc1cccc(F)c1)N1CCCN(S(N)(=O)=O)CC1. The topological polar surface area (TPSA) is 95.7 Å². The zero-order valence-corrected chi connectivity index (χ0v) is 13.7. The number of hydrogen-bond donors (Lipinski definition) is 2. The Morgan fingerprint density at radius 1 is 1.30 bits per heavy atom. The van der Waals surface area contributed by atoms with Gasteiger partial charge in [0.25, 0.3) is 10.2 Å². The second-order valence-corrected chi connectivity index (χ2v) is 7.06. The second kappa shape index (κ2) is 7.35. The molecule has 9 heteroatoms. The lowest BCUT2D eigenvalue weighted by Gasteiger charge is -2.26. The zero-order chi connectivity index (χ0) is 17.0. The molecule has 1 aromatic carbocycles. The van der Waals surface area contributed by atoms with Gasteiger partial charge in [-0.25, -0.2) is 9.53 Å². The van der Waals surface area contributed by atoms with E-state index in [1.165, 1.54) is 22.5 Å². The Hall–Kier alpha value is -1.55. The molecule has 0 unspecified atom stereocenters. The minimum Gasteiger partial charge on any atom is -0.325 e. The predicted molar refractivity (Wildman–Crippen MR) is 85.4 cm³/mol. The quantitative estimate of drug-likeness (QED) is 0.824. The highest BCUT2D eigenvalue weighted by molar-refractivity contribution is 7.86. The summed E-state index contributed by atoms with van der Waals surface area (Å²) in [5, 5.41) is 7.81. The summed E-state index contributed by atoms with van der Waals surface area (Å²) < 4.78 is 37.1. The number of nitrogens with two attached hydrogens (primary N) is 1. The highest BCUT2D eigenvalue weighted by Crippen LogP contribution is 2.13. The highest BCUT2D eigenvalue weighted by Gasteiger charge is 2.27. The third-order valence-electron chi connectivity index (χ3n) is 3.87. The van der Waals surface area contributed by atoms with E-state index >= 15 is 0 Å². The third-order valence-corrected chi connectivity index (χ3v) is 4.95. The van der Waals surface area contributed by atoms with Gasteiger partial charge < -0.3 is 5.32 Å². The molecular weight excluding hydrogens is 323 g/mol. The Bertz CT molecular complexity index is 668. The summed E-state index contributed by atoms with van der Waals surface area (Å²) in [5.74, 6) is -0.686. The van der Waals surface area contributed by atoms with Crippen molar-refractivity contribution in [2.75, 3.05) is 31.5 Å². The molecule has 1 amide bonds. The van der Waals surface area contributed by atoms with Gasteiger partial charge in [0.05, 0.1) is 6.04 Å². The van der Waals surface area contributed by atoms with Gasteiger partial charge in [-0.05, 0) is 31.5 Å². The van der Waals surface area contributed by atoms with Gasteiger partial charge in [-0.1, -0.05) is 6.07 Å². The van der Waals surface area contributed by atoms with Crippen molar-refractivity contribution in [3.63, 3.8) is 0 Å². The Morgan fingerprint density at radius 2 is 2.04 bits per heavy atom. The lowest BCUT2D eigenvalue weighted by molar-refractivity contribution is -0.120. The summed E-state index contributed by atoms with van der Waals surface area (Å²) in [6, 6.07) is 5.22. The maximum Gasteiger partial charge on any atom is 0.276 e. The van der Waals surface area contributed by atoms with Gasteiger partial charge in [0.2, 0.25) is 5.91 Å². The van der Waals surface area contributed by atoms with Gasteiger partial charge in [-0.15, -0.1) is 0 Å². The molecule has 3 N–H and O–H groups in total. The van der Waals surface area contributed by atoms with Crippen LogP contribution >= 0.6 is 0 Å². The first-order valence-electron chi connectivity index (χ1n) is 7.36. The zero-order valence-electron chi connectivity index (χ0n) is 12.9. The first-order valence-corrected chi connectivity index (χ1v) is 8.86. The van der Waals surface area contributed by atoms with E-state index in [2.05, 4.69) is 5.32 Å². The molecule has 0 bridgehead atoms. The Morgan fingerprint density at radius 3 is 2.70 bits per heavy atom. The van der Waals surface area contributed by atoms with Crippen molar-refractivity contribution < 1.29 is 17.6 Å². The fourth-order valence-electron chi connectivity index (χ4n) is 2.53. The van der Waals surface area contributed by atoms with Gasteiger partial charge in [0, 0.05) is 31.9 Å². The van der Waals surface area contributed by atoms with Crippen molar-refractivity contribution in [2.45, 2.75) is 19.4 Å². The molecule has 1 aliphatic rings. The summed E-state index contributed by atoms with van der Waals surface area (Å²) in [6.07, 6.45) is 0.591. The second-order valence-electron chi connectivity index (χ2n) is 5.51. The van der Waals surface area contributed by atoms with Gasteiger partial charge in [-0.2, -0.15) is 12.7 Å². The number of benzene rings is 1. The van der Waals surface area contributed by atoms with E-state index in [9.17, 15) is 17.6 Å². The lowest BCUT2D eigenvalue weighted by Crippen LogP contribution is -2.45. The van der Waals surface area contributed by atoms with E-state index in [-0.39, 0.29) is 12.5 Å². The number of carbonyl (C=O) groups excluding carboxylic acids is 1. The Labute approximate surface area is 135 Å². The van der Waals surface area contributed by atoms with Crippen molar-refractivity contribution in [3.8, 4) is 0 Å². The van der Waals surface area contributed by atoms with Crippen molar-refractivity contribution in [2.24, 2.45) is 5.14 Å². The molecule has 23 heavy (non-hydrogen) atoms. The number of rotatable bonds is 4. The van der Waals surface area contributed by atoms with Crippen LogP contribution in [0.2, 0.25) is 0 Å². The summed E-state index contributed by atoms with van der Waals surface area (Å²) in [5.41, 5.74) is 0.392. The largest absolute Gasteiger partial charge is 0.325 e. The van der Waals surface area contributed by atoms with Crippen LogP contribution < -0.4 is 10.5 Å². The van der Waals surface area contributed by atoms with Crippen LogP contribution in [0, 0.1) is 5.82 Å². The molecule has 1 saturated heterocycles. The molecular formula is C14H21FN4O3S. The smallest absolute Gasteiger partial charge is 0.276 e. The van der Waals surface area contributed by atoms with Gasteiger partial charge in [-0.3, -0.25) is 9.69 Å². The average Bonchev–Trinajstić information content (AvgIpc) is 2.72. The number of hydrogen-bond acceptors (Lipinski definition) is 4. The van der Waals surface area contributed by atoms with E-state index in [1.807, 2.05) is 4.90 Å². The number of carbonyl (C=O) groups is 1. The Kier molecular flexibility index (Phi) is 5.69. The van der Waals surface area contributed by atoms with Crippen LogP contribution in [0.4, 0.5) is 10.1 Å². The molecule has 0 spiro atoms. The van der Waals surface area contributed by atoms with E-state index in [0.29, 0.717) is 31.7 Å². The summed E-state index contributed by atoms with van der Waals surface area (Å²) in [4.78, 5) is 14.2. The van der Waals surface area contributed by atoms with Crippen molar-refractivity contribution in [1.82, 2.24) is 9.21 Å². The van der Waals surface area contributed by atoms with E-state index in [0.717, 1.165) is 0 Å². The van der Waals surface area contributed by atoms with Gasteiger partial charge in [0.15, 0.2) is 0 Å². The molecule has 0 aromatic heterocycles. The molecule has 1 aromatic rings. The first kappa shape index (κ1) is 17.8. The summed E-state index contributed by atoms with van der Waals surface area (Å²) in [6.45, 7) is 3.32. The molecule has 0 aliphatic carbocycles. The molecule has 0 saturated carbocycles. The van der Waals surface area contributed by atoms with Crippen molar-refractivity contribution in [3.05, 3.63) is 30.1 Å². The maximum atomic E-state index is 13.1. The fourth-order valence-corrected chi connectivity index (χ4v) is 3.25. The molecule has 1 fully saturated rings. The number of nitrogens with zero attached hydrogens (tertiary/aromatic N) is 2. The lowest BCUT2D eigenvalue weighted by atomic mass is 10.2. The van der Waals surface area contributed by atoms with E-state index < -0.39 is 22.1 Å². The van der Waals surface area contributed by atoms with Crippen LogP contribution in [-0.4, -0.2) is 55.8 Å². The third kappa shape index (κ3) is 4.96. The molecule has 2 rings (SSSR count). The molecule has 128 valence electrons. The minimum absolute atomic E-state index is 0.246. The maximum absolute atomic E-state index is 13.1. The van der Waals surface area contributed by atoms with E-state index in [1.54, 1.807) is 13.0 Å². The molecule has 1 atom stereocenters. The van der Waals surface area contributed by atoms with Crippen LogP contribution in [0.1, 0.15) is 13.3 Å². The monoisotopic (exact) mass is 344 g/mol. The van der Waals surface area contributed by atoms with Crippen molar-refractivity contribution >= 4 is 21.8 Å². The van der Waals surface area contributed by atoms with Crippen LogP contribution in [0.3, 0.4) is 0 Å². The van der Waals surface area contributed by atoms with Crippen LogP contribution in [0.25, 0.3) is 0 Å². The normalized spacial score (nSPS) is 19.1. The Balaban J connectivity index is 1.97. The predicted octanol–water partition coefficient (Wildman–Crippen LogP) is 0.364. The minimum atomic E-state index is -3.71. The molecule has 0 radical (unpaired) electrons. The van der Waals surface area contributed by atoms with Crippen molar-refractivity contribution in [1.29, 1.82) is 0 Å². The first-order chi connectivity index (χ1) is 10.8. The summed E-state index contributed by atoms with van der Waals surface area (Å²) >= 11 is 0. The average molecular weight is 344 g/mol. The number of nitrogens with one attached hydrogen (secondary N) is 1. The highest BCUT2D eigenvalue weighted by atomic mass is 32.2. The van der Waals surface area contributed by atoms with E-state index in [4.69, 9.17) is 5.14 Å². The van der Waals surface area contributed by atoms with Gasteiger partial charge in [0.1, 0.15) is 5.82 Å². The number of amides is 1. The summed E-state index contributed by atoms with van der Waals surface area (Å²) in [7, 11) is -3.71. The van der Waals surface area contributed by atoms with Crippen LogP contribution in [0.5, 0.6) is 0 Å². The molecule has 1 aliphatic heterocycles.